The van der Waals surface area contributed by atoms with E-state index < -0.39 is 6.10 Å². The summed E-state index contributed by atoms with van der Waals surface area (Å²) in [6, 6.07) is 0. The van der Waals surface area contributed by atoms with Gasteiger partial charge in [-0.3, -0.25) is 14.4 Å². The van der Waals surface area contributed by atoms with Crippen molar-refractivity contribution in [2.24, 2.45) is 0 Å². The van der Waals surface area contributed by atoms with E-state index in [2.05, 4.69) is 45.1 Å². The first-order valence-corrected chi connectivity index (χ1v) is 30.3. The first-order chi connectivity index (χ1) is 33.5. The zero-order valence-electron chi connectivity index (χ0n) is 45.9. The molecule has 0 saturated carbocycles. The Labute approximate surface area is 423 Å². The van der Waals surface area contributed by atoms with Gasteiger partial charge in [-0.05, 0) is 70.6 Å². The van der Waals surface area contributed by atoms with Crippen LogP contribution < -0.4 is 0 Å². The molecule has 0 heterocycles. The third-order valence-corrected chi connectivity index (χ3v) is 13.7. The Kier molecular flexibility index (Phi) is 55.7. The van der Waals surface area contributed by atoms with Crippen LogP contribution in [0.25, 0.3) is 0 Å². The fraction of sp³-hybridized carbons (Fsp3) is 0.887. The van der Waals surface area contributed by atoms with Crippen LogP contribution >= 0.6 is 0 Å². The first-order valence-electron chi connectivity index (χ1n) is 30.3. The van der Waals surface area contributed by atoms with Crippen LogP contribution in [0.4, 0.5) is 0 Å². The zero-order chi connectivity index (χ0) is 49.3. The molecule has 0 radical (unpaired) electrons. The van der Waals surface area contributed by atoms with Gasteiger partial charge in [-0.15, -0.1) is 0 Å². The van der Waals surface area contributed by atoms with E-state index in [1.54, 1.807) is 0 Å². The minimum absolute atomic E-state index is 0.0747. The Balaban J connectivity index is 4.32. The molecule has 0 aromatic carbocycles. The molecule has 0 fully saturated rings. The van der Waals surface area contributed by atoms with Crippen molar-refractivity contribution >= 4 is 17.9 Å². The predicted octanol–water partition coefficient (Wildman–Crippen LogP) is 20.3. The fourth-order valence-electron chi connectivity index (χ4n) is 9.08. The summed E-state index contributed by atoms with van der Waals surface area (Å²) < 4.78 is 16.9. The van der Waals surface area contributed by atoms with Gasteiger partial charge in [0.05, 0.1) is 0 Å². The zero-order valence-corrected chi connectivity index (χ0v) is 45.9. The lowest BCUT2D eigenvalue weighted by Gasteiger charge is -2.18. The van der Waals surface area contributed by atoms with Gasteiger partial charge in [-0.1, -0.05) is 270 Å². The van der Waals surface area contributed by atoms with Crippen molar-refractivity contribution in [1.29, 1.82) is 0 Å². The number of allylic oxidation sites excluding steroid dienone is 4. The lowest BCUT2D eigenvalue weighted by molar-refractivity contribution is -0.167. The van der Waals surface area contributed by atoms with Gasteiger partial charge in [-0.25, -0.2) is 0 Å². The molecule has 0 aliphatic carbocycles. The number of esters is 3. The quantitative estimate of drug-likeness (QED) is 0.0262. The van der Waals surface area contributed by atoms with Crippen molar-refractivity contribution in [2.45, 2.75) is 341 Å². The summed E-state index contributed by atoms with van der Waals surface area (Å²) in [7, 11) is 0. The largest absolute Gasteiger partial charge is 0.462 e. The Morgan fingerprint density at radius 2 is 0.485 bits per heavy atom. The number of unbranched alkanes of at least 4 members (excludes halogenated alkanes) is 41. The normalized spacial score (nSPS) is 12.1. The fourth-order valence-corrected chi connectivity index (χ4v) is 9.08. The molecule has 0 amide bonds. The molecule has 0 rings (SSSR count). The van der Waals surface area contributed by atoms with Crippen LogP contribution in [-0.4, -0.2) is 37.2 Å². The second-order valence-corrected chi connectivity index (χ2v) is 20.6. The number of hydrogen-bond acceptors (Lipinski definition) is 6. The summed E-state index contributed by atoms with van der Waals surface area (Å²) in [5.74, 6) is -0.878. The highest BCUT2D eigenvalue weighted by Crippen LogP contribution is 2.17. The molecule has 1 unspecified atom stereocenters. The maximum Gasteiger partial charge on any atom is 0.306 e. The predicted molar refractivity (Wildman–Crippen MR) is 293 cm³/mol. The third kappa shape index (κ3) is 54.8. The molecule has 0 N–H and O–H groups in total. The highest BCUT2D eigenvalue weighted by atomic mass is 16.6. The van der Waals surface area contributed by atoms with Gasteiger partial charge < -0.3 is 14.2 Å². The van der Waals surface area contributed by atoms with Gasteiger partial charge in [0.2, 0.25) is 0 Å². The number of rotatable bonds is 56. The monoisotopic (exact) mass is 957 g/mol. The van der Waals surface area contributed by atoms with Gasteiger partial charge in [0.1, 0.15) is 13.2 Å². The first kappa shape index (κ1) is 65.9. The van der Waals surface area contributed by atoms with Crippen LogP contribution in [0.2, 0.25) is 0 Å². The highest BCUT2D eigenvalue weighted by molar-refractivity contribution is 5.71. The molecular formula is C62H116O6. The summed E-state index contributed by atoms with van der Waals surface area (Å²) in [5.41, 5.74) is 0. The Morgan fingerprint density at radius 1 is 0.279 bits per heavy atom. The minimum Gasteiger partial charge on any atom is -0.462 e. The van der Waals surface area contributed by atoms with Crippen LogP contribution in [0.3, 0.4) is 0 Å². The summed E-state index contributed by atoms with van der Waals surface area (Å²) >= 11 is 0. The topological polar surface area (TPSA) is 78.9 Å². The molecule has 6 heteroatoms. The summed E-state index contributed by atoms with van der Waals surface area (Å²) in [5, 5.41) is 0. The molecule has 6 nitrogen and oxygen atoms in total. The van der Waals surface area contributed by atoms with Crippen LogP contribution in [0.1, 0.15) is 335 Å². The highest BCUT2D eigenvalue weighted by Gasteiger charge is 2.19. The molecule has 0 aromatic rings. The van der Waals surface area contributed by atoms with Crippen LogP contribution in [-0.2, 0) is 28.6 Å². The third-order valence-electron chi connectivity index (χ3n) is 13.7. The molecule has 0 aliphatic rings. The maximum absolute atomic E-state index is 12.9. The second-order valence-electron chi connectivity index (χ2n) is 20.6. The van der Waals surface area contributed by atoms with Crippen LogP contribution in [0, 0.1) is 0 Å². The molecule has 1 atom stereocenters. The molecule has 68 heavy (non-hydrogen) atoms. The summed E-state index contributed by atoms with van der Waals surface area (Å²) in [6.07, 6.45) is 67.5. The van der Waals surface area contributed by atoms with Gasteiger partial charge in [-0.2, -0.15) is 0 Å². The SMILES string of the molecule is CCCCCCCC/C=C\CCCCCC(=O)OCC(COC(=O)CCCCCCCCCCCCCCCCCCCCC)OC(=O)CCCCCCC/C=C\CCCCCCCCCCC. The lowest BCUT2D eigenvalue weighted by Crippen LogP contribution is -2.30. The Hall–Kier alpha value is -2.11. The van der Waals surface area contributed by atoms with Gasteiger partial charge in [0, 0.05) is 19.3 Å². The van der Waals surface area contributed by atoms with E-state index in [9.17, 15) is 14.4 Å². The van der Waals surface area contributed by atoms with Crippen molar-refractivity contribution in [1.82, 2.24) is 0 Å². The number of hydrogen-bond donors (Lipinski definition) is 0. The van der Waals surface area contributed by atoms with E-state index in [4.69, 9.17) is 14.2 Å². The van der Waals surface area contributed by atoms with Crippen molar-refractivity contribution in [3.63, 3.8) is 0 Å². The van der Waals surface area contributed by atoms with E-state index >= 15 is 0 Å². The van der Waals surface area contributed by atoms with Gasteiger partial charge in [0.15, 0.2) is 6.10 Å². The maximum atomic E-state index is 12.9. The molecular weight excluding hydrogens is 841 g/mol. The van der Waals surface area contributed by atoms with Gasteiger partial charge >= 0.3 is 17.9 Å². The van der Waals surface area contributed by atoms with Crippen molar-refractivity contribution in [2.75, 3.05) is 13.2 Å². The van der Waals surface area contributed by atoms with Crippen molar-refractivity contribution < 1.29 is 28.6 Å². The van der Waals surface area contributed by atoms with E-state index in [0.717, 1.165) is 77.0 Å². The standard InChI is InChI=1S/C62H116O6/c1-4-7-10-13-16-19-22-25-27-29-31-33-34-37-40-43-46-49-52-55-61(64)67-58-59(57-66-60(63)54-51-48-45-42-39-36-24-21-18-15-12-9-6-3)68-62(65)56-53-50-47-44-41-38-35-32-30-28-26-23-20-17-14-11-8-5-2/h32,35-36,39,59H,4-31,33-34,37-38,40-58H2,1-3H3/b35-32-,39-36-. The Morgan fingerprint density at radius 3 is 0.750 bits per heavy atom. The van der Waals surface area contributed by atoms with Crippen LogP contribution in [0.15, 0.2) is 24.3 Å². The average Bonchev–Trinajstić information content (AvgIpc) is 3.34. The lowest BCUT2D eigenvalue weighted by atomic mass is 10.0. The Bertz CT molecular complexity index is 1100. The molecule has 0 saturated heterocycles. The van der Waals surface area contributed by atoms with E-state index in [-0.39, 0.29) is 31.1 Å². The van der Waals surface area contributed by atoms with E-state index in [1.807, 2.05) is 0 Å². The molecule has 0 aromatic heterocycles. The van der Waals surface area contributed by atoms with E-state index in [0.29, 0.717) is 19.3 Å². The second kappa shape index (κ2) is 57.5. The molecule has 0 spiro atoms. The average molecular weight is 958 g/mol. The van der Waals surface area contributed by atoms with Gasteiger partial charge in [0.25, 0.3) is 0 Å². The summed E-state index contributed by atoms with van der Waals surface area (Å²) in [6.45, 7) is 6.67. The smallest absolute Gasteiger partial charge is 0.306 e. The molecule has 400 valence electrons. The van der Waals surface area contributed by atoms with Crippen molar-refractivity contribution in [3.8, 4) is 0 Å². The van der Waals surface area contributed by atoms with Crippen LogP contribution in [0.5, 0.6) is 0 Å². The number of carbonyl (C=O) groups is 3. The minimum atomic E-state index is -0.778. The summed E-state index contributed by atoms with van der Waals surface area (Å²) in [4.78, 5) is 38.2. The van der Waals surface area contributed by atoms with E-state index in [1.165, 1.54) is 218 Å². The number of carbonyl (C=O) groups excluding carboxylic acids is 3. The molecule has 0 bridgehead atoms. The van der Waals surface area contributed by atoms with Crippen molar-refractivity contribution in [3.05, 3.63) is 24.3 Å². The molecule has 0 aliphatic heterocycles. The number of ether oxygens (including phenoxy) is 3.